The summed E-state index contributed by atoms with van der Waals surface area (Å²) in [4.78, 5) is 20.8. The first-order chi connectivity index (χ1) is 7.54. The Morgan fingerprint density at radius 1 is 1.44 bits per heavy atom. The molecule has 0 fully saturated rings. The molecule has 5 nitrogen and oxygen atoms in total. The minimum atomic E-state index is -0.571. The van der Waals surface area contributed by atoms with Crippen LogP contribution in [0.3, 0.4) is 0 Å². The van der Waals surface area contributed by atoms with E-state index in [1.807, 2.05) is 0 Å². The normalized spacial score (nSPS) is 9.75. The Morgan fingerprint density at radius 3 is 2.75 bits per heavy atom. The van der Waals surface area contributed by atoms with Gasteiger partial charge in [0.25, 0.3) is 0 Å². The summed E-state index contributed by atoms with van der Waals surface area (Å²) in [6, 6.07) is 4.08. The van der Waals surface area contributed by atoms with Crippen LogP contribution in [-0.2, 0) is 4.84 Å². The quantitative estimate of drug-likeness (QED) is 0.854. The fourth-order valence-electron chi connectivity index (χ4n) is 0.801. The minimum Gasteiger partial charge on any atom is -0.376 e. The molecule has 7 heteroatoms. The highest BCUT2D eigenvalue weighted by Crippen LogP contribution is 2.26. The Hall–Kier alpha value is -1.17. The van der Waals surface area contributed by atoms with Gasteiger partial charge in [-0.25, -0.2) is 9.86 Å². The molecule has 1 rings (SSSR count). The topological polar surface area (TPSA) is 50.8 Å². The van der Waals surface area contributed by atoms with Gasteiger partial charge in [-0.15, -0.1) is 0 Å². The minimum absolute atomic E-state index is 0.256. The number of benzene rings is 1. The molecule has 0 radical (unpaired) electrons. The first-order valence-corrected chi connectivity index (χ1v) is 5.00. The van der Waals surface area contributed by atoms with Gasteiger partial charge in [0.2, 0.25) is 0 Å². The maximum absolute atomic E-state index is 11.2. The average Bonchev–Trinajstić information content (AvgIpc) is 2.28. The fraction of sp³-hybridized carbons (Fsp3) is 0.222. The second-order valence-corrected chi connectivity index (χ2v) is 3.61. The van der Waals surface area contributed by atoms with Crippen molar-refractivity contribution in [3.8, 4) is 5.75 Å². The molecular formula is C9H10Cl2N2O3. The van der Waals surface area contributed by atoms with Crippen LogP contribution in [0.5, 0.6) is 5.75 Å². The highest BCUT2D eigenvalue weighted by Gasteiger charge is 2.09. The van der Waals surface area contributed by atoms with Gasteiger partial charge in [-0.3, -0.25) is 4.84 Å². The van der Waals surface area contributed by atoms with Crippen molar-refractivity contribution >= 4 is 29.2 Å². The number of hydroxylamine groups is 3. The molecule has 0 aromatic heterocycles. The molecule has 88 valence electrons. The lowest BCUT2D eigenvalue weighted by molar-refractivity contribution is -0.0724. The van der Waals surface area contributed by atoms with E-state index < -0.39 is 6.03 Å². The molecule has 2 amide bonds. The summed E-state index contributed by atoms with van der Waals surface area (Å²) < 4.78 is 0. The lowest BCUT2D eigenvalue weighted by atomic mass is 10.3. The maximum Gasteiger partial charge on any atom is 0.374 e. The van der Waals surface area contributed by atoms with Gasteiger partial charge >= 0.3 is 6.03 Å². The molecule has 0 heterocycles. The molecule has 0 saturated carbocycles. The van der Waals surface area contributed by atoms with E-state index in [0.717, 1.165) is 5.06 Å². The van der Waals surface area contributed by atoms with E-state index in [9.17, 15) is 4.79 Å². The molecule has 0 unspecified atom stereocenters. The number of amides is 2. The monoisotopic (exact) mass is 264 g/mol. The van der Waals surface area contributed by atoms with Crippen molar-refractivity contribution < 1.29 is 14.5 Å². The predicted octanol–water partition coefficient (Wildman–Crippen LogP) is 2.49. The van der Waals surface area contributed by atoms with Crippen molar-refractivity contribution in [2.75, 3.05) is 14.2 Å². The zero-order chi connectivity index (χ0) is 12.1. The smallest absolute Gasteiger partial charge is 0.374 e. The van der Waals surface area contributed by atoms with Crippen molar-refractivity contribution in [2.24, 2.45) is 0 Å². The Kier molecular flexibility index (Phi) is 4.67. The van der Waals surface area contributed by atoms with Crippen LogP contribution in [-0.4, -0.2) is 25.3 Å². The molecule has 0 aliphatic rings. The zero-order valence-corrected chi connectivity index (χ0v) is 10.2. The van der Waals surface area contributed by atoms with E-state index in [2.05, 4.69) is 10.3 Å². The van der Waals surface area contributed by atoms with Gasteiger partial charge in [-0.2, -0.15) is 5.48 Å². The third-order valence-electron chi connectivity index (χ3n) is 1.70. The molecule has 0 spiro atoms. The van der Waals surface area contributed by atoms with E-state index in [4.69, 9.17) is 28.0 Å². The summed E-state index contributed by atoms with van der Waals surface area (Å²) in [6.07, 6.45) is 0. The van der Waals surface area contributed by atoms with Gasteiger partial charge in [0.05, 0.1) is 12.1 Å². The molecule has 0 saturated heterocycles. The molecular weight excluding hydrogens is 255 g/mol. The van der Waals surface area contributed by atoms with E-state index in [0.29, 0.717) is 10.0 Å². The van der Waals surface area contributed by atoms with Crippen LogP contribution in [0.4, 0.5) is 4.79 Å². The number of nitrogens with zero attached hydrogens (tertiary/aromatic N) is 1. The SMILES string of the molecule is CON(C)C(=O)NOc1cc(Cl)ccc1Cl. The van der Waals surface area contributed by atoms with Gasteiger partial charge in [0.1, 0.15) is 0 Å². The van der Waals surface area contributed by atoms with Crippen LogP contribution in [0.15, 0.2) is 18.2 Å². The van der Waals surface area contributed by atoms with E-state index >= 15 is 0 Å². The Bertz CT molecular complexity index is 387. The highest BCUT2D eigenvalue weighted by atomic mass is 35.5. The number of carbonyl (C=O) groups is 1. The number of hydrogen-bond donors (Lipinski definition) is 1. The number of hydrogen-bond acceptors (Lipinski definition) is 3. The third kappa shape index (κ3) is 3.44. The van der Waals surface area contributed by atoms with E-state index in [-0.39, 0.29) is 5.75 Å². The van der Waals surface area contributed by atoms with Gasteiger partial charge in [0.15, 0.2) is 5.75 Å². The summed E-state index contributed by atoms with van der Waals surface area (Å²) in [5, 5.41) is 1.75. The standard InChI is InChI=1S/C9H10Cl2N2O3/c1-13(15-2)9(14)12-16-8-5-6(10)3-4-7(8)11/h3-5H,1-2H3,(H,12,14). The molecule has 0 atom stereocenters. The second kappa shape index (κ2) is 5.79. The summed E-state index contributed by atoms with van der Waals surface area (Å²) >= 11 is 11.5. The molecule has 0 aliphatic carbocycles. The summed E-state index contributed by atoms with van der Waals surface area (Å²) in [5.41, 5.74) is 2.14. The van der Waals surface area contributed by atoms with Crippen LogP contribution in [0.1, 0.15) is 0 Å². The summed E-state index contributed by atoms with van der Waals surface area (Å²) in [5.74, 6) is 0.256. The Morgan fingerprint density at radius 2 is 2.12 bits per heavy atom. The molecule has 16 heavy (non-hydrogen) atoms. The lowest BCUT2D eigenvalue weighted by Crippen LogP contribution is -2.38. The zero-order valence-electron chi connectivity index (χ0n) is 8.66. The first-order valence-electron chi connectivity index (χ1n) is 4.24. The number of halogens is 2. The number of urea groups is 1. The molecule has 1 N–H and O–H groups in total. The van der Waals surface area contributed by atoms with Crippen LogP contribution in [0.2, 0.25) is 10.0 Å². The van der Waals surface area contributed by atoms with Gasteiger partial charge < -0.3 is 4.84 Å². The van der Waals surface area contributed by atoms with Gasteiger partial charge in [-0.05, 0) is 12.1 Å². The van der Waals surface area contributed by atoms with Crippen LogP contribution >= 0.6 is 23.2 Å². The second-order valence-electron chi connectivity index (χ2n) is 2.76. The first kappa shape index (κ1) is 12.9. The van der Waals surface area contributed by atoms with E-state index in [1.165, 1.54) is 20.2 Å². The van der Waals surface area contributed by atoms with Crippen LogP contribution in [0.25, 0.3) is 0 Å². The third-order valence-corrected chi connectivity index (χ3v) is 2.25. The molecule has 0 bridgehead atoms. The maximum atomic E-state index is 11.2. The Balaban J connectivity index is 2.61. The van der Waals surface area contributed by atoms with Crippen LogP contribution < -0.4 is 10.3 Å². The Labute approximate surface area is 103 Å². The van der Waals surface area contributed by atoms with Gasteiger partial charge in [0, 0.05) is 18.1 Å². The highest BCUT2D eigenvalue weighted by molar-refractivity contribution is 6.34. The van der Waals surface area contributed by atoms with Crippen molar-refractivity contribution in [1.29, 1.82) is 0 Å². The fourth-order valence-corrected chi connectivity index (χ4v) is 1.12. The predicted molar refractivity (Wildman–Crippen MR) is 60.4 cm³/mol. The van der Waals surface area contributed by atoms with Crippen molar-refractivity contribution in [1.82, 2.24) is 10.5 Å². The van der Waals surface area contributed by atoms with Crippen LogP contribution in [0, 0.1) is 0 Å². The number of carbonyl (C=O) groups excluding carboxylic acids is 1. The average molecular weight is 265 g/mol. The number of rotatable bonds is 3. The molecule has 0 aliphatic heterocycles. The van der Waals surface area contributed by atoms with Crippen molar-refractivity contribution in [2.45, 2.75) is 0 Å². The van der Waals surface area contributed by atoms with E-state index in [1.54, 1.807) is 12.1 Å². The molecule has 1 aromatic rings. The lowest BCUT2D eigenvalue weighted by Gasteiger charge is -2.15. The van der Waals surface area contributed by atoms with Crippen molar-refractivity contribution in [3.05, 3.63) is 28.2 Å². The summed E-state index contributed by atoms with van der Waals surface area (Å²) in [6.45, 7) is 0. The largest absolute Gasteiger partial charge is 0.376 e. The van der Waals surface area contributed by atoms with Gasteiger partial charge in [-0.1, -0.05) is 23.2 Å². The number of nitrogens with one attached hydrogen (secondary N) is 1. The van der Waals surface area contributed by atoms with Crippen molar-refractivity contribution in [3.63, 3.8) is 0 Å². The summed E-state index contributed by atoms with van der Waals surface area (Å²) in [7, 11) is 2.78. The molecule has 1 aromatic carbocycles.